The van der Waals surface area contributed by atoms with Gasteiger partial charge in [-0.15, -0.1) is 24.0 Å². The smallest absolute Gasteiger partial charge is 0.222 e. The Hall–Kier alpha value is -2.43. The van der Waals surface area contributed by atoms with Gasteiger partial charge in [0.1, 0.15) is 23.5 Å². The molecule has 1 amide bonds. The number of ether oxygens (including phenoxy) is 1. The van der Waals surface area contributed by atoms with Crippen LogP contribution in [0.25, 0.3) is 0 Å². The summed E-state index contributed by atoms with van der Waals surface area (Å²) >= 11 is 0. The highest BCUT2D eigenvalue weighted by Crippen LogP contribution is 2.13. The summed E-state index contributed by atoms with van der Waals surface area (Å²) < 4.78 is 31.7. The lowest BCUT2D eigenvalue weighted by molar-refractivity contribution is -0.121. The first-order chi connectivity index (χ1) is 13.9. The molecule has 2 atom stereocenters. The Morgan fingerprint density at radius 1 is 1.03 bits per heavy atom. The van der Waals surface area contributed by atoms with Gasteiger partial charge in [0.2, 0.25) is 5.91 Å². The number of carbonyl (C=O) groups excluding carboxylic acids is 1. The van der Waals surface area contributed by atoms with Crippen molar-refractivity contribution in [3.63, 3.8) is 0 Å². The minimum absolute atomic E-state index is 0. The predicted molar refractivity (Wildman–Crippen MR) is 124 cm³/mol. The number of guanidine groups is 1. The molecule has 2 aromatic rings. The van der Waals surface area contributed by atoms with Crippen molar-refractivity contribution < 1.29 is 18.3 Å². The monoisotopic (exact) mass is 532 g/mol. The highest BCUT2D eigenvalue weighted by Gasteiger charge is 2.17. The maximum Gasteiger partial charge on any atom is 0.222 e. The number of benzene rings is 2. The van der Waals surface area contributed by atoms with Crippen LogP contribution in [-0.4, -0.2) is 38.1 Å². The van der Waals surface area contributed by atoms with Crippen molar-refractivity contribution in [1.29, 1.82) is 0 Å². The number of primary amides is 1. The van der Waals surface area contributed by atoms with E-state index >= 15 is 0 Å². The molecule has 0 spiro atoms. The number of carbonyl (C=O) groups is 1. The zero-order valence-corrected chi connectivity index (χ0v) is 19.2. The SMILES string of the molecule is CN=C(NCC(C)Oc1ccc(F)cc1)NCC(Cc1ccc(F)cc1)C(N)=O.I. The number of amides is 1. The fraction of sp³-hybridized carbons (Fsp3) is 0.333. The van der Waals surface area contributed by atoms with Crippen LogP contribution in [-0.2, 0) is 11.2 Å². The number of halogens is 3. The van der Waals surface area contributed by atoms with Gasteiger partial charge in [-0.1, -0.05) is 12.1 Å². The lowest BCUT2D eigenvalue weighted by atomic mass is 9.98. The first kappa shape index (κ1) is 25.6. The Bertz CT molecular complexity index is 817. The highest BCUT2D eigenvalue weighted by atomic mass is 127. The van der Waals surface area contributed by atoms with Crippen molar-refractivity contribution in [3.05, 3.63) is 65.7 Å². The summed E-state index contributed by atoms with van der Waals surface area (Å²) in [6, 6.07) is 11.8. The van der Waals surface area contributed by atoms with Crippen LogP contribution in [0.4, 0.5) is 8.78 Å². The van der Waals surface area contributed by atoms with E-state index in [1.807, 2.05) is 6.92 Å². The van der Waals surface area contributed by atoms with Gasteiger partial charge in [-0.3, -0.25) is 9.79 Å². The van der Waals surface area contributed by atoms with Crippen molar-refractivity contribution in [2.75, 3.05) is 20.1 Å². The Morgan fingerprint density at radius 2 is 1.57 bits per heavy atom. The highest BCUT2D eigenvalue weighted by molar-refractivity contribution is 14.0. The summed E-state index contributed by atoms with van der Waals surface area (Å²) in [5.74, 6) is -0.528. The summed E-state index contributed by atoms with van der Waals surface area (Å²) in [5.41, 5.74) is 6.32. The standard InChI is InChI=1S/C21H26F2N4O2.HI/c1-14(29-19-9-7-18(23)8-10-19)12-26-21(25-2)27-13-16(20(24)28)11-15-3-5-17(22)6-4-15;/h3-10,14,16H,11-13H2,1-2H3,(H2,24,28)(H2,25,26,27);1H. The van der Waals surface area contributed by atoms with Crippen molar-refractivity contribution in [1.82, 2.24) is 10.6 Å². The van der Waals surface area contributed by atoms with Gasteiger partial charge in [0.15, 0.2) is 5.96 Å². The second-order valence-electron chi connectivity index (χ2n) is 6.65. The fourth-order valence-corrected chi connectivity index (χ4v) is 2.65. The Labute approximate surface area is 192 Å². The molecule has 30 heavy (non-hydrogen) atoms. The third kappa shape index (κ3) is 8.93. The minimum atomic E-state index is -0.480. The first-order valence-electron chi connectivity index (χ1n) is 9.28. The quantitative estimate of drug-likeness (QED) is 0.264. The van der Waals surface area contributed by atoms with Crippen molar-refractivity contribution in [2.24, 2.45) is 16.6 Å². The lowest BCUT2D eigenvalue weighted by Gasteiger charge is -2.20. The second kappa shape index (κ2) is 13.0. The molecule has 164 valence electrons. The van der Waals surface area contributed by atoms with Crippen LogP contribution in [0.1, 0.15) is 12.5 Å². The number of hydrogen-bond donors (Lipinski definition) is 3. The molecule has 0 aliphatic carbocycles. The number of nitrogens with zero attached hydrogens (tertiary/aromatic N) is 1. The van der Waals surface area contributed by atoms with E-state index in [1.165, 1.54) is 24.3 Å². The van der Waals surface area contributed by atoms with E-state index in [0.717, 1.165) is 5.56 Å². The van der Waals surface area contributed by atoms with Crippen LogP contribution in [0.3, 0.4) is 0 Å². The molecule has 4 N–H and O–H groups in total. The van der Waals surface area contributed by atoms with Gasteiger partial charge in [-0.05, 0) is 55.3 Å². The largest absolute Gasteiger partial charge is 0.489 e. The molecule has 0 radical (unpaired) electrons. The predicted octanol–water partition coefficient (Wildman–Crippen LogP) is 2.86. The van der Waals surface area contributed by atoms with Crippen LogP contribution in [0, 0.1) is 17.6 Å². The van der Waals surface area contributed by atoms with Crippen molar-refractivity contribution in [2.45, 2.75) is 19.4 Å². The Balaban J connectivity index is 0.00000450. The van der Waals surface area contributed by atoms with Crippen molar-refractivity contribution >= 4 is 35.8 Å². The average molecular weight is 532 g/mol. The zero-order valence-electron chi connectivity index (χ0n) is 16.9. The fourth-order valence-electron chi connectivity index (χ4n) is 2.65. The van der Waals surface area contributed by atoms with E-state index in [1.54, 1.807) is 31.3 Å². The summed E-state index contributed by atoms with van der Waals surface area (Å²) in [4.78, 5) is 15.9. The molecule has 0 saturated heterocycles. The Kier molecular flexibility index (Phi) is 11.1. The molecular formula is C21H27F2IN4O2. The topological polar surface area (TPSA) is 88.7 Å². The third-order valence-electron chi connectivity index (χ3n) is 4.25. The van der Waals surface area contributed by atoms with Crippen LogP contribution >= 0.6 is 24.0 Å². The van der Waals surface area contributed by atoms with Gasteiger partial charge in [0.25, 0.3) is 0 Å². The molecule has 0 fully saturated rings. The van der Waals surface area contributed by atoms with Gasteiger partial charge in [0, 0.05) is 13.6 Å². The van der Waals surface area contributed by atoms with Crippen LogP contribution < -0.4 is 21.1 Å². The third-order valence-corrected chi connectivity index (χ3v) is 4.25. The first-order valence-corrected chi connectivity index (χ1v) is 9.28. The number of nitrogens with two attached hydrogens (primary N) is 1. The van der Waals surface area contributed by atoms with Gasteiger partial charge >= 0.3 is 0 Å². The maximum atomic E-state index is 13.0. The molecule has 0 saturated carbocycles. The number of aliphatic imine (C=N–C) groups is 1. The number of hydrogen-bond acceptors (Lipinski definition) is 3. The lowest BCUT2D eigenvalue weighted by Crippen LogP contribution is -2.45. The van der Waals surface area contributed by atoms with E-state index in [4.69, 9.17) is 10.5 Å². The second-order valence-corrected chi connectivity index (χ2v) is 6.65. The molecule has 2 aromatic carbocycles. The zero-order chi connectivity index (χ0) is 21.2. The van der Waals surface area contributed by atoms with E-state index in [0.29, 0.717) is 24.7 Å². The molecule has 9 heteroatoms. The molecular weight excluding hydrogens is 505 g/mol. The molecule has 2 rings (SSSR count). The maximum absolute atomic E-state index is 13.0. The molecule has 0 aliphatic rings. The number of rotatable bonds is 9. The molecule has 0 aliphatic heterocycles. The van der Waals surface area contributed by atoms with Gasteiger partial charge in [0.05, 0.1) is 12.5 Å². The van der Waals surface area contributed by atoms with Crippen LogP contribution in [0.5, 0.6) is 5.75 Å². The molecule has 0 bridgehead atoms. The summed E-state index contributed by atoms with van der Waals surface area (Å²) in [6.45, 7) is 2.58. The molecule has 0 heterocycles. The summed E-state index contributed by atoms with van der Waals surface area (Å²) in [5, 5.41) is 6.17. The summed E-state index contributed by atoms with van der Waals surface area (Å²) in [6.07, 6.45) is 0.189. The van der Waals surface area contributed by atoms with E-state index < -0.39 is 11.8 Å². The van der Waals surface area contributed by atoms with Gasteiger partial charge in [-0.2, -0.15) is 0 Å². The normalized spacial score (nSPS) is 13.0. The minimum Gasteiger partial charge on any atom is -0.489 e. The molecule has 6 nitrogen and oxygen atoms in total. The summed E-state index contributed by atoms with van der Waals surface area (Å²) in [7, 11) is 1.61. The number of nitrogens with one attached hydrogen (secondary N) is 2. The van der Waals surface area contributed by atoms with Crippen molar-refractivity contribution in [3.8, 4) is 5.75 Å². The van der Waals surface area contributed by atoms with Crippen LogP contribution in [0.2, 0.25) is 0 Å². The van der Waals surface area contributed by atoms with E-state index in [9.17, 15) is 13.6 Å². The molecule has 2 unspecified atom stereocenters. The molecule has 0 aromatic heterocycles. The van der Waals surface area contributed by atoms with E-state index in [2.05, 4.69) is 15.6 Å². The van der Waals surface area contributed by atoms with E-state index in [-0.39, 0.29) is 48.3 Å². The Morgan fingerprint density at radius 3 is 2.10 bits per heavy atom. The van der Waals surface area contributed by atoms with Crippen LogP contribution in [0.15, 0.2) is 53.5 Å². The average Bonchev–Trinajstić information content (AvgIpc) is 2.70. The van der Waals surface area contributed by atoms with Gasteiger partial charge < -0.3 is 21.1 Å². The van der Waals surface area contributed by atoms with Gasteiger partial charge in [-0.25, -0.2) is 8.78 Å².